The fourth-order valence-corrected chi connectivity index (χ4v) is 6.38. The van der Waals surface area contributed by atoms with Crippen molar-refractivity contribution in [1.29, 1.82) is 0 Å². The number of hydrogen-bond acceptors (Lipinski definition) is 6. The second kappa shape index (κ2) is 8.99. The van der Waals surface area contributed by atoms with Crippen LogP contribution in [-0.4, -0.2) is 48.1 Å². The molecule has 0 amide bonds. The van der Waals surface area contributed by atoms with Crippen molar-refractivity contribution in [3.8, 4) is 11.3 Å². The lowest BCUT2D eigenvalue weighted by molar-refractivity contribution is 0.104. The number of aromatic nitrogens is 1. The Bertz CT molecular complexity index is 1500. The van der Waals surface area contributed by atoms with Crippen molar-refractivity contribution in [3.05, 3.63) is 71.5 Å². The summed E-state index contributed by atoms with van der Waals surface area (Å²) in [5, 5.41) is 8.57. The zero-order valence-electron chi connectivity index (χ0n) is 20.7. The highest BCUT2D eigenvalue weighted by Gasteiger charge is 2.34. The summed E-state index contributed by atoms with van der Waals surface area (Å²) in [4.78, 5) is 18.8. The highest BCUT2D eigenvalue weighted by Crippen LogP contribution is 2.46. The molecule has 1 aliphatic heterocycles. The van der Waals surface area contributed by atoms with E-state index in [2.05, 4.69) is 20.3 Å². The molecule has 2 aliphatic carbocycles. The summed E-state index contributed by atoms with van der Waals surface area (Å²) < 4.78 is 19.9. The first-order valence-electron chi connectivity index (χ1n) is 13.3. The third-order valence-electron chi connectivity index (χ3n) is 8.23. The van der Waals surface area contributed by atoms with Crippen LogP contribution >= 0.6 is 0 Å². The number of carbonyl (C=O) groups is 1. The van der Waals surface area contributed by atoms with Gasteiger partial charge in [0.2, 0.25) is 0 Å². The Kier molecular flexibility index (Phi) is 5.47. The largest absolute Gasteiger partial charge is 0.367 e. The number of hydrogen-bond donors (Lipinski definition) is 1. The molecule has 0 radical (unpaired) electrons. The van der Waals surface area contributed by atoms with Crippen molar-refractivity contribution in [2.24, 2.45) is 0 Å². The molecule has 0 bridgehead atoms. The third kappa shape index (κ3) is 3.80. The Labute approximate surface area is 215 Å². The number of nitrogens with zero attached hydrogens (tertiary/aromatic N) is 3. The van der Waals surface area contributed by atoms with Crippen molar-refractivity contribution in [2.75, 3.05) is 36.4 Å². The molecule has 37 heavy (non-hydrogen) atoms. The summed E-state index contributed by atoms with van der Waals surface area (Å²) >= 11 is 0. The highest BCUT2D eigenvalue weighted by atomic mass is 19.1. The third-order valence-corrected chi connectivity index (χ3v) is 8.23. The van der Waals surface area contributed by atoms with Crippen LogP contribution in [0.5, 0.6) is 0 Å². The van der Waals surface area contributed by atoms with Crippen molar-refractivity contribution in [1.82, 2.24) is 10.1 Å². The van der Waals surface area contributed by atoms with Gasteiger partial charge >= 0.3 is 0 Å². The van der Waals surface area contributed by atoms with Gasteiger partial charge in [0.25, 0.3) is 0 Å². The predicted molar refractivity (Wildman–Crippen MR) is 143 cm³/mol. The fraction of sp³-hybridized carbons (Fsp3) is 0.333. The van der Waals surface area contributed by atoms with Gasteiger partial charge in [-0.1, -0.05) is 54.8 Å². The van der Waals surface area contributed by atoms with Gasteiger partial charge < -0.3 is 14.7 Å². The van der Waals surface area contributed by atoms with E-state index in [9.17, 15) is 9.18 Å². The lowest BCUT2D eigenvalue weighted by atomic mass is 9.86. The number of piperazine rings is 1. The second-order valence-corrected chi connectivity index (χ2v) is 10.4. The number of nitrogens with one attached hydrogen (secondary N) is 1. The van der Waals surface area contributed by atoms with Gasteiger partial charge in [0.1, 0.15) is 11.3 Å². The van der Waals surface area contributed by atoms with E-state index in [-0.39, 0.29) is 11.6 Å². The molecule has 0 atom stereocenters. The van der Waals surface area contributed by atoms with E-state index < -0.39 is 0 Å². The second-order valence-electron chi connectivity index (χ2n) is 10.4. The van der Waals surface area contributed by atoms with Crippen LogP contribution in [0.4, 0.5) is 21.5 Å². The van der Waals surface area contributed by atoms with Gasteiger partial charge in [-0.25, -0.2) is 4.39 Å². The number of carbonyl (C=O) groups excluding carboxylic acids is 1. The monoisotopic (exact) mass is 496 g/mol. The van der Waals surface area contributed by atoms with Crippen LogP contribution in [0.3, 0.4) is 0 Å². The van der Waals surface area contributed by atoms with Crippen LogP contribution in [0, 0.1) is 5.82 Å². The van der Waals surface area contributed by atoms with Gasteiger partial charge in [-0.05, 0) is 37.1 Å². The van der Waals surface area contributed by atoms with Gasteiger partial charge in [-0.15, -0.1) is 0 Å². The number of benzene rings is 3. The van der Waals surface area contributed by atoms with Crippen molar-refractivity contribution >= 4 is 33.7 Å². The minimum absolute atomic E-state index is 0.0797. The summed E-state index contributed by atoms with van der Waals surface area (Å²) in [6, 6.07) is 16.5. The minimum atomic E-state index is -0.332. The van der Waals surface area contributed by atoms with Crippen LogP contribution in [0.15, 0.2) is 59.1 Å². The number of anilines is 3. The smallest absolute Gasteiger partial charge is 0.196 e. The molecule has 4 aromatic rings. The van der Waals surface area contributed by atoms with Crippen LogP contribution in [-0.2, 0) is 0 Å². The van der Waals surface area contributed by atoms with Crippen LogP contribution in [0.1, 0.15) is 48.0 Å². The number of fused-ring (bicyclic) bond motifs is 2. The molecule has 0 spiro atoms. The molecule has 6 nitrogen and oxygen atoms in total. The fourth-order valence-electron chi connectivity index (χ4n) is 6.38. The van der Waals surface area contributed by atoms with E-state index in [0.29, 0.717) is 39.8 Å². The number of ketones is 1. The Morgan fingerprint density at radius 1 is 0.919 bits per heavy atom. The molecular formula is C30H29FN4O2. The average Bonchev–Trinajstić information content (AvgIpc) is 3.38. The topological polar surface area (TPSA) is 61.6 Å². The predicted octanol–water partition coefficient (Wildman–Crippen LogP) is 6.38. The van der Waals surface area contributed by atoms with Gasteiger partial charge in [-0.2, -0.15) is 0 Å². The Morgan fingerprint density at radius 2 is 1.70 bits per heavy atom. The summed E-state index contributed by atoms with van der Waals surface area (Å²) in [5.41, 5.74) is 4.77. The Morgan fingerprint density at radius 3 is 2.49 bits per heavy atom. The molecule has 2 heterocycles. The van der Waals surface area contributed by atoms with Crippen LogP contribution in [0.25, 0.3) is 22.2 Å². The van der Waals surface area contributed by atoms with E-state index in [0.717, 1.165) is 42.8 Å². The number of rotatable bonds is 4. The van der Waals surface area contributed by atoms with E-state index in [1.54, 1.807) is 12.1 Å². The summed E-state index contributed by atoms with van der Waals surface area (Å²) in [6.45, 7) is 3.79. The standard InChI is InChI=1S/C30H29FN4O2/c31-19-7-6-8-20(17-19)32-24-18-25(35-15-13-34(14-16-35)21-9-2-1-3-10-21)28-27-26(24)29(36)22-11-4-5-12-23(22)30(27)37-33-28/h4-8,11-12,17-18,21,32H,1-3,9-10,13-16H2. The number of halogens is 1. The summed E-state index contributed by atoms with van der Waals surface area (Å²) in [5.74, 6) is 0.204. The van der Waals surface area contributed by atoms with Gasteiger partial charge in [-0.3, -0.25) is 9.69 Å². The molecule has 0 unspecified atom stereocenters. The normalized spacial score (nSPS) is 18.3. The van der Waals surface area contributed by atoms with Crippen molar-refractivity contribution in [3.63, 3.8) is 0 Å². The molecule has 1 saturated heterocycles. The zero-order chi connectivity index (χ0) is 24.9. The maximum Gasteiger partial charge on any atom is 0.196 e. The summed E-state index contributed by atoms with van der Waals surface area (Å²) in [6.07, 6.45) is 6.63. The Balaban J connectivity index is 1.32. The highest BCUT2D eigenvalue weighted by molar-refractivity contribution is 6.28. The van der Waals surface area contributed by atoms with E-state index in [1.807, 2.05) is 30.3 Å². The SMILES string of the molecule is O=C1c2ccccc2-c2onc3c(N4CCN(C5CCCCC5)CC4)cc(Nc4cccc(F)c4)c1c23. The maximum atomic E-state index is 14.0. The molecular weight excluding hydrogens is 467 g/mol. The molecule has 7 heteroatoms. The van der Waals surface area contributed by atoms with E-state index >= 15 is 0 Å². The van der Waals surface area contributed by atoms with Crippen molar-refractivity contribution < 1.29 is 13.7 Å². The molecule has 7 rings (SSSR count). The van der Waals surface area contributed by atoms with Gasteiger partial charge in [0.15, 0.2) is 11.5 Å². The maximum absolute atomic E-state index is 14.0. The van der Waals surface area contributed by atoms with Crippen molar-refractivity contribution in [2.45, 2.75) is 38.1 Å². The average molecular weight is 497 g/mol. The molecule has 188 valence electrons. The van der Waals surface area contributed by atoms with Gasteiger partial charge in [0, 0.05) is 49.0 Å². The molecule has 1 N–H and O–H groups in total. The first-order chi connectivity index (χ1) is 18.2. The van der Waals surface area contributed by atoms with Crippen LogP contribution in [0.2, 0.25) is 0 Å². The first kappa shape index (κ1) is 22.5. The first-order valence-corrected chi connectivity index (χ1v) is 13.3. The molecule has 1 aromatic heterocycles. The lowest BCUT2D eigenvalue weighted by Gasteiger charge is -2.41. The quantitative estimate of drug-likeness (QED) is 0.312. The van der Waals surface area contributed by atoms with E-state index in [1.165, 1.54) is 44.2 Å². The van der Waals surface area contributed by atoms with Gasteiger partial charge in [0.05, 0.1) is 22.3 Å². The van der Waals surface area contributed by atoms with Crippen LogP contribution < -0.4 is 10.2 Å². The molecule has 2 fully saturated rings. The summed E-state index contributed by atoms with van der Waals surface area (Å²) in [7, 11) is 0. The zero-order valence-corrected chi connectivity index (χ0v) is 20.7. The lowest BCUT2D eigenvalue weighted by Crippen LogP contribution is -2.51. The minimum Gasteiger partial charge on any atom is -0.367 e. The molecule has 3 aliphatic rings. The molecule has 3 aromatic carbocycles. The van der Waals surface area contributed by atoms with E-state index in [4.69, 9.17) is 4.52 Å². The Hall–Kier alpha value is -3.71. The molecule has 1 saturated carbocycles.